The van der Waals surface area contributed by atoms with Crippen molar-refractivity contribution in [3.63, 3.8) is 0 Å². The third-order valence-corrected chi connectivity index (χ3v) is 1.49. The summed E-state index contributed by atoms with van der Waals surface area (Å²) < 4.78 is 0. The zero-order valence-electron chi connectivity index (χ0n) is 5.95. The summed E-state index contributed by atoms with van der Waals surface area (Å²) in [6.07, 6.45) is 0. The molecule has 0 unspecified atom stereocenters. The molecule has 0 aliphatic carbocycles. The van der Waals surface area contributed by atoms with Gasteiger partial charge < -0.3 is 11.5 Å². The lowest BCUT2D eigenvalue weighted by Gasteiger charge is -2.02. The SMILES string of the molecule is NCc1c(N)cccc1N=O. The van der Waals surface area contributed by atoms with E-state index in [0.29, 0.717) is 16.9 Å². The topological polar surface area (TPSA) is 81.5 Å². The molecule has 11 heavy (non-hydrogen) atoms. The van der Waals surface area contributed by atoms with E-state index in [2.05, 4.69) is 5.18 Å². The number of anilines is 1. The number of nitrogen functional groups attached to an aromatic ring is 1. The van der Waals surface area contributed by atoms with Gasteiger partial charge in [0.25, 0.3) is 0 Å². The zero-order valence-corrected chi connectivity index (χ0v) is 5.95. The van der Waals surface area contributed by atoms with E-state index in [1.54, 1.807) is 18.2 Å². The number of rotatable bonds is 2. The van der Waals surface area contributed by atoms with Crippen LogP contribution in [0, 0.1) is 4.91 Å². The van der Waals surface area contributed by atoms with E-state index in [-0.39, 0.29) is 6.54 Å². The van der Waals surface area contributed by atoms with Gasteiger partial charge in [0.05, 0.1) is 0 Å². The zero-order chi connectivity index (χ0) is 8.27. The van der Waals surface area contributed by atoms with Crippen molar-refractivity contribution in [1.82, 2.24) is 0 Å². The van der Waals surface area contributed by atoms with E-state index < -0.39 is 0 Å². The minimum atomic E-state index is 0.244. The highest BCUT2D eigenvalue weighted by Gasteiger charge is 2.02. The van der Waals surface area contributed by atoms with Gasteiger partial charge in [0.1, 0.15) is 5.69 Å². The lowest BCUT2D eigenvalue weighted by molar-refractivity contribution is 1.07. The quantitative estimate of drug-likeness (QED) is 0.491. The van der Waals surface area contributed by atoms with Crippen molar-refractivity contribution in [3.05, 3.63) is 28.7 Å². The van der Waals surface area contributed by atoms with Crippen molar-refractivity contribution >= 4 is 11.4 Å². The molecule has 0 atom stereocenters. The summed E-state index contributed by atoms with van der Waals surface area (Å²) in [5.74, 6) is 0. The van der Waals surface area contributed by atoms with Gasteiger partial charge in [-0.25, -0.2) is 0 Å². The highest BCUT2D eigenvalue weighted by molar-refractivity contribution is 5.60. The second-order valence-corrected chi connectivity index (χ2v) is 2.14. The molecule has 0 spiro atoms. The molecule has 0 heterocycles. The van der Waals surface area contributed by atoms with Crippen LogP contribution in [0.3, 0.4) is 0 Å². The summed E-state index contributed by atoms with van der Waals surface area (Å²) in [4.78, 5) is 10.2. The first-order valence-corrected chi connectivity index (χ1v) is 3.20. The van der Waals surface area contributed by atoms with Crippen LogP contribution in [0.4, 0.5) is 11.4 Å². The lowest BCUT2D eigenvalue weighted by Crippen LogP contribution is -2.01. The highest BCUT2D eigenvalue weighted by Crippen LogP contribution is 2.23. The molecule has 0 fully saturated rings. The number of benzene rings is 1. The molecule has 1 aromatic rings. The molecule has 1 aromatic carbocycles. The van der Waals surface area contributed by atoms with Crippen LogP contribution in [0.1, 0.15) is 5.56 Å². The molecule has 0 radical (unpaired) electrons. The monoisotopic (exact) mass is 151 g/mol. The first-order chi connectivity index (χ1) is 5.29. The Morgan fingerprint density at radius 1 is 1.45 bits per heavy atom. The Bertz CT molecular complexity index is 272. The van der Waals surface area contributed by atoms with Crippen LogP contribution in [0.5, 0.6) is 0 Å². The second-order valence-electron chi connectivity index (χ2n) is 2.14. The van der Waals surface area contributed by atoms with Crippen LogP contribution in [-0.4, -0.2) is 0 Å². The molecular weight excluding hydrogens is 142 g/mol. The van der Waals surface area contributed by atoms with E-state index in [4.69, 9.17) is 11.5 Å². The number of nitrogens with zero attached hydrogens (tertiary/aromatic N) is 1. The van der Waals surface area contributed by atoms with Gasteiger partial charge in [-0.1, -0.05) is 6.07 Å². The average Bonchev–Trinajstić information content (AvgIpc) is 2.04. The molecule has 0 saturated carbocycles. The fourth-order valence-corrected chi connectivity index (χ4v) is 0.900. The second kappa shape index (κ2) is 3.12. The molecule has 0 amide bonds. The number of nitrogens with two attached hydrogens (primary N) is 2. The van der Waals surface area contributed by atoms with E-state index in [1.165, 1.54) is 0 Å². The predicted octanol–water partition coefficient (Wildman–Crippen LogP) is 1.13. The lowest BCUT2D eigenvalue weighted by atomic mass is 10.1. The van der Waals surface area contributed by atoms with Gasteiger partial charge in [-0.05, 0) is 17.3 Å². The maximum atomic E-state index is 10.2. The van der Waals surface area contributed by atoms with Gasteiger partial charge in [0, 0.05) is 17.8 Å². The summed E-state index contributed by atoms with van der Waals surface area (Å²) >= 11 is 0. The van der Waals surface area contributed by atoms with Crippen LogP contribution in [0.25, 0.3) is 0 Å². The summed E-state index contributed by atoms with van der Waals surface area (Å²) in [7, 11) is 0. The van der Waals surface area contributed by atoms with E-state index >= 15 is 0 Å². The fourth-order valence-electron chi connectivity index (χ4n) is 0.900. The van der Waals surface area contributed by atoms with Crippen LogP contribution < -0.4 is 11.5 Å². The summed E-state index contributed by atoms with van der Waals surface area (Å²) in [6, 6.07) is 4.95. The van der Waals surface area contributed by atoms with Crippen molar-refractivity contribution in [2.45, 2.75) is 6.54 Å². The predicted molar refractivity (Wildman–Crippen MR) is 44.2 cm³/mol. The van der Waals surface area contributed by atoms with Gasteiger partial charge in [-0.15, -0.1) is 4.91 Å². The number of hydrogen-bond acceptors (Lipinski definition) is 4. The third-order valence-electron chi connectivity index (χ3n) is 1.49. The maximum absolute atomic E-state index is 10.2. The molecule has 4 N–H and O–H groups in total. The Hall–Kier alpha value is -1.42. The third kappa shape index (κ3) is 1.35. The molecule has 0 aromatic heterocycles. The van der Waals surface area contributed by atoms with E-state index in [0.717, 1.165) is 0 Å². The molecular formula is C7H9N3O. The normalized spacial score (nSPS) is 9.55. The van der Waals surface area contributed by atoms with Gasteiger partial charge in [0.2, 0.25) is 0 Å². The number of nitroso groups, excluding NO2 is 1. The van der Waals surface area contributed by atoms with Crippen LogP contribution >= 0.6 is 0 Å². The average molecular weight is 151 g/mol. The first-order valence-electron chi connectivity index (χ1n) is 3.20. The Balaban J connectivity index is 3.23. The Kier molecular flexibility index (Phi) is 2.18. The van der Waals surface area contributed by atoms with E-state index in [9.17, 15) is 4.91 Å². The summed E-state index contributed by atoms with van der Waals surface area (Å²) in [6.45, 7) is 0.244. The van der Waals surface area contributed by atoms with Crippen molar-refractivity contribution in [1.29, 1.82) is 0 Å². The van der Waals surface area contributed by atoms with Crippen molar-refractivity contribution in [2.24, 2.45) is 10.9 Å². The number of hydrogen-bond donors (Lipinski definition) is 2. The van der Waals surface area contributed by atoms with Crippen molar-refractivity contribution in [3.8, 4) is 0 Å². The van der Waals surface area contributed by atoms with Crippen molar-refractivity contribution < 1.29 is 0 Å². The van der Waals surface area contributed by atoms with Gasteiger partial charge in [-0.2, -0.15) is 0 Å². The van der Waals surface area contributed by atoms with Gasteiger partial charge >= 0.3 is 0 Å². The minimum Gasteiger partial charge on any atom is -0.398 e. The molecule has 0 saturated heterocycles. The van der Waals surface area contributed by atoms with Crippen LogP contribution in [-0.2, 0) is 6.54 Å². The Morgan fingerprint density at radius 2 is 2.18 bits per heavy atom. The van der Waals surface area contributed by atoms with Gasteiger partial charge in [-0.3, -0.25) is 0 Å². The van der Waals surface area contributed by atoms with Crippen LogP contribution in [0.15, 0.2) is 23.4 Å². The molecule has 0 aliphatic rings. The molecule has 4 nitrogen and oxygen atoms in total. The molecule has 4 heteroatoms. The highest BCUT2D eigenvalue weighted by atomic mass is 16.3. The Morgan fingerprint density at radius 3 is 2.64 bits per heavy atom. The minimum absolute atomic E-state index is 0.244. The van der Waals surface area contributed by atoms with Crippen LogP contribution in [0.2, 0.25) is 0 Å². The molecule has 1 rings (SSSR count). The standard InChI is InChI=1S/C7H9N3O/c8-4-5-6(9)2-1-3-7(5)10-11/h1-3H,4,8-9H2. The molecule has 0 aliphatic heterocycles. The fraction of sp³-hybridized carbons (Fsp3) is 0.143. The van der Waals surface area contributed by atoms with E-state index in [1.807, 2.05) is 0 Å². The Labute approximate surface area is 64.2 Å². The largest absolute Gasteiger partial charge is 0.398 e. The summed E-state index contributed by atoms with van der Waals surface area (Å²) in [5.41, 5.74) is 12.3. The summed E-state index contributed by atoms with van der Waals surface area (Å²) in [5, 5.41) is 2.79. The first kappa shape index (κ1) is 7.68. The van der Waals surface area contributed by atoms with Gasteiger partial charge in [0.15, 0.2) is 0 Å². The molecule has 0 bridgehead atoms. The smallest absolute Gasteiger partial charge is 0.114 e. The molecule has 58 valence electrons. The van der Waals surface area contributed by atoms with Crippen molar-refractivity contribution in [2.75, 3.05) is 5.73 Å². The maximum Gasteiger partial charge on any atom is 0.114 e.